The van der Waals surface area contributed by atoms with Crippen LogP contribution in [0, 0.1) is 0 Å². The quantitative estimate of drug-likeness (QED) is 0.802. The van der Waals surface area contributed by atoms with Crippen LogP contribution in [-0.2, 0) is 0 Å². The predicted molar refractivity (Wildman–Crippen MR) is 78.5 cm³/mol. The second kappa shape index (κ2) is 5.85. The van der Waals surface area contributed by atoms with Crippen molar-refractivity contribution in [3.05, 3.63) is 28.2 Å². The highest BCUT2D eigenvalue weighted by atomic mass is 79.9. The lowest BCUT2D eigenvalue weighted by Gasteiger charge is -2.37. The number of benzene rings is 1. The molecule has 1 heterocycles. The topological polar surface area (TPSA) is 23.6 Å². The van der Waals surface area contributed by atoms with Crippen LogP contribution in [0.15, 0.2) is 22.7 Å². The Labute approximate surface area is 117 Å². The second-order valence-corrected chi connectivity index (χ2v) is 5.91. The Morgan fingerprint density at radius 2 is 2.28 bits per heavy atom. The summed E-state index contributed by atoms with van der Waals surface area (Å²) in [4.78, 5) is 15.8. The molecule has 0 saturated carbocycles. The number of anilines is 1. The lowest BCUT2D eigenvalue weighted by Crippen LogP contribution is -2.45. The van der Waals surface area contributed by atoms with E-state index < -0.39 is 0 Å². The molecule has 1 fully saturated rings. The summed E-state index contributed by atoms with van der Waals surface area (Å²) in [7, 11) is 4.24. The lowest BCUT2D eigenvalue weighted by molar-refractivity contribution is 0.112. The highest BCUT2D eigenvalue weighted by molar-refractivity contribution is 9.10. The van der Waals surface area contributed by atoms with Gasteiger partial charge in [-0.1, -0.05) is 15.9 Å². The molecule has 1 aliphatic rings. The zero-order valence-corrected chi connectivity index (χ0v) is 12.5. The number of piperidine rings is 1. The van der Waals surface area contributed by atoms with E-state index in [9.17, 15) is 4.79 Å². The molecule has 98 valence electrons. The van der Waals surface area contributed by atoms with Crippen LogP contribution in [-0.4, -0.2) is 44.4 Å². The number of hydrogen-bond donors (Lipinski definition) is 0. The van der Waals surface area contributed by atoms with E-state index in [-0.39, 0.29) is 0 Å². The van der Waals surface area contributed by atoms with Gasteiger partial charge >= 0.3 is 0 Å². The minimum absolute atomic E-state index is 0.489. The predicted octanol–water partition coefficient (Wildman–Crippen LogP) is 2.79. The van der Waals surface area contributed by atoms with Gasteiger partial charge in [-0.2, -0.15) is 0 Å². The number of hydrogen-bond acceptors (Lipinski definition) is 3. The van der Waals surface area contributed by atoms with Gasteiger partial charge in [0.15, 0.2) is 6.29 Å². The Morgan fingerprint density at radius 3 is 2.94 bits per heavy atom. The fourth-order valence-electron chi connectivity index (χ4n) is 2.59. The monoisotopic (exact) mass is 310 g/mol. The van der Waals surface area contributed by atoms with Crippen molar-refractivity contribution in [2.24, 2.45) is 0 Å². The molecule has 18 heavy (non-hydrogen) atoms. The van der Waals surface area contributed by atoms with Crippen molar-refractivity contribution in [1.82, 2.24) is 4.90 Å². The Bertz CT molecular complexity index is 436. The number of halogens is 1. The molecule has 1 atom stereocenters. The van der Waals surface area contributed by atoms with Crippen molar-refractivity contribution in [2.75, 3.05) is 32.1 Å². The molecule has 1 saturated heterocycles. The van der Waals surface area contributed by atoms with E-state index in [4.69, 9.17) is 0 Å². The summed E-state index contributed by atoms with van der Waals surface area (Å²) >= 11 is 3.41. The summed E-state index contributed by atoms with van der Waals surface area (Å²) in [6.45, 7) is 2.23. The molecule has 0 aromatic heterocycles. The first-order valence-electron chi connectivity index (χ1n) is 6.28. The summed E-state index contributed by atoms with van der Waals surface area (Å²) in [6, 6.07) is 6.38. The number of nitrogens with zero attached hydrogens (tertiary/aromatic N) is 2. The zero-order chi connectivity index (χ0) is 13.1. The average molecular weight is 311 g/mol. The van der Waals surface area contributed by atoms with Crippen LogP contribution in [0.25, 0.3) is 0 Å². The smallest absolute Gasteiger partial charge is 0.152 e. The number of carbonyl (C=O) groups is 1. The lowest BCUT2D eigenvalue weighted by atomic mass is 10.0. The normalized spacial score (nSPS) is 20.7. The Hall–Kier alpha value is -0.870. The molecule has 2 rings (SSSR count). The minimum Gasteiger partial charge on any atom is -0.370 e. The Morgan fingerprint density at radius 1 is 1.50 bits per heavy atom. The summed E-state index contributed by atoms with van der Waals surface area (Å²) in [5.41, 5.74) is 1.77. The van der Waals surface area contributed by atoms with Crippen LogP contribution in [0.2, 0.25) is 0 Å². The third-order valence-corrected chi connectivity index (χ3v) is 4.14. The van der Waals surface area contributed by atoms with Crippen molar-refractivity contribution in [3.63, 3.8) is 0 Å². The van der Waals surface area contributed by atoms with E-state index >= 15 is 0 Å². The molecule has 0 amide bonds. The first-order chi connectivity index (χ1) is 8.61. The van der Waals surface area contributed by atoms with Crippen LogP contribution in [0.4, 0.5) is 5.69 Å². The Balaban J connectivity index is 2.22. The summed E-state index contributed by atoms with van der Waals surface area (Å²) in [5.74, 6) is 0. The minimum atomic E-state index is 0.489. The summed E-state index contributed by atoms with van der Waals surface area (Å²) < 4.78 is 0.947. The van der Waals surface area contributed by atoms with Gasteiger partial charge in [0.25, 0.3) is 0 Å². The maximum absolute atomic E-state index is 11.2. The first-order valence-corrected chi connectivity index (χ1v) is 7.07. The first kappa shape index (κ1) is 13.6. The average Bonchev–Trinajstić information content (AvgIpc) is 2.37. The van der Waals surface area contributed by atoms with Gasteiger partial charge in [0.05, 0.1) is 0 Å². The molecule has 1 aromatic rings. The zero-order valence-electron chi connectivity index (χ0n) is 10.9. The molecule has 1 aromatic carbocycles. The van der Waals surface area contributed by atoms with Crippen molar-refractivity contribution in [1.29, 1.82) is 0 Å². The molecular formula is C14H19BrN2O. The van der Waals surface area contributed by atoms with Crippen molar-refractivity contribution >= 4 is 27.9 Å². The number of rotatable bonds is 3. The SMILES string of the molecule is CN1CCCC(N(C)c2ccc(Br)cc2C=O)C1. The van der Waals surface area contributed by atoms with Crippen LogP contribution in [0.3, 0.4) is 0 Å². The molecule has 0 radical (unpaired) electrons. The molecule has 0 aliphatic carbocycles. The van der Waals surface area contributed by atoms with Gasteiger partial charge in [-0.15, -0.1) is 0 Å². The van der Waals surface area contributed by atoms with Gasteiger partial charge in [0, 0.05) is 35.4 Å². The van der Waals surface area contributed by atoms with E-state index in [1.54, 1.807) is 0 Å². The molecule has 1 unspecified atom stereocenters. The van der Waals surface area contributed by atoms with E-state index in [1.165, 1.54) is 19.4 Å². The second-order valence-electron chi connectivity index (χ2n) is 4.99. The number of aldehydes is 1. The fraction of sp³-hybridized carbons (Fsp3) is 0.500. The highest BCUT2D eigenvalue weighted by Crippen LogP contribution is 2.26. The molecule has 0 N–H and O–H groups in total. The molecule has 0 spiro atoms. The van der Waals surface area contributed by atoms with Crippen LogP contribution in [0.1, 0.15) is 23.2 Å². The van der Waals surface area contributed by atoms with E-state index in [0.717, 1.165) is 28.6 Å². The van der Waals surface area contributed by atoms with Gasteiger partial charge < -0.3 is 9.80 Å². The van der Waals surface area contributed by atoms with Crippen molar-refractivity contribution in [3.8, 4) is 0 Å². The van der Waals surface area contributed by atoms with Gasteiger partial charge in [-0.25, -0.2) is 0 Å². The fourth-order valence-corrected chi connectivity index (χ4v) is 2.97. The van der Waals surface area contributed by atoms with Crippen molar-refractivity contribution < 1.29 is 4.79 Å². The Kier molecular flexibility index (Phi) is 4.40. The maximum Gasteiger partial charge on any atom is 0.152 e. The summed E-state index contributed by atoms with van der Waals surface area (Å²) in [5, 5.41) is 0. The number of carbonyl (C=O) groups excluding carboxylic acids is 1. The van der Waals surface area contributed by atoms with E-state index in [2.05, 4.69) is 39.8 Å². The maximum atomic E-state index is 11.2. The number of likely N-dealkylation sites (tertiary alicyclic amines) is 1. The summed E-state index contributed by atoms with van der Waals surface area (Å²) in [6.07, 6.45) is 3.34. The molecule has 3 nitrogen and oxygen atoms in total. The molecular weight excluding hydrogens is 292 g/mol. The third-order valence-electron chi connectivity index (χ3n) is 3.64. The van der Waals surface area contributed by atoms with Crippen molar-refractivity contribution in [2.45, 2.75) is 18.9 Å². The third kappa shape index (κ3) is 2.93. The van der Waals surface area contributed by atoms with Crippen LogP contribution >= 0.6 is 15.9 Å². The molecule has 4 heteroatoms. The van der Waals surface area contributed by atoms with Gasteiger partial charge in [0.1, 0.15) is 0 Å². The van der Waals surface area contributed by atoms with E-state index in [1.807, 2.05) is 18.2 Å². The highest BCUT2D eigenvalue weighted by Gasteiger charge is 2.22. The largest absolute Gasteiger partial charge is 0.370 e. The molecule has 1 aliphatic heterocycles. The van der Waals surface area contributed by atoms with Gasteiger partial charge in [0.2, 0.25) is 0 Å². The molecule has 0 bridgehead atoms. The van der Waals surface area contributed by atoms with Gasteiger partial charge in [-0.05, 0) is 44.6 Å². The van der Waals surface area contributed by atoms with Gasteiger partial charge in [-0.3, -0.25) is 4.79 Å². The number of likely N-dealkylation sites (N-methyl/N-ethyl adjacent to an activating group) is 2. The van der Waals surface area contributed by atoms with Crippen LogP contribution < -0.4 is 4.90 Å². The standard InChI is InChI=1S/C14H19BrN2O/c1-16-7-3-4-13(9-16)17(2)14-6-5-12(15)8-11(14)10-18/h5-6,8,10,13H,3-4,7,9H2,1-2H3. The van der Waals surface area contributed by atoms with Crippen LogP contribution in [0.5, 0.6) is 0 Å². The van der Waals surface area contributed by atoms with E-state index in [0.29, 0.717) is 6.04 Å².